The van der Waals surface area contributed by atoms with Gasteiger partial charge >= 0.3 is 6.03 Å². The van der Waals surface area contributed by atoms with Crippen molar-refractivity contribution in [1.29, 1.82) is 0 Å². The zero-order valence-electron chi connectivity index (χ0n) is 19.2. The molecule has 172 valence electrons. The van der Waals surface area contributed by atoms with Gasteiger partial charge in [-0.3, -0.25) is 14.5 Å². The lowest BCUT2D eigenvalue weighted by Crippen LogP contribution is -2.48. The van der Waals surface area contributed by atoms with E-state index < -0.39 is 11.6 Å². The number of hydrogen-bond donors (Lipinski definition) is 1. The number of imide groups is 1. The van der Waals surface area contributed by atoms with E-state index >= 15 is 0 Å². The number of carbonyl (C=O) groups excluding carboxylic acids is 3. The Kier molecular flexibility index (Phi) is 5.69. The van der Waals surface area contributed by atoms with Crippen LogP contribution in [0.2, 0.25) is 0 Å². The highest BCUT2D eigenvalue weighted by Crippen LogP contribution is 2.33. The van der Waals surface area contributed by atoms with Crippen LogP contribution >= 0.6 is 0 Å². The molecule has 4 amide bonds. The van der Waals surface area contributed by atoms with E-state index in [1.165, 1.54) is 17.5 Å². The number of rotatable bonds is 5. The van der Waals surface area contributed by atoms with E-state index in [4.69, 9.17) is 0 Å². The highest BCUT2D eigenvalue weighted by atomic mass is 16.2. The molecule has 1 N–H and O–H groups in total. The molecule has 33 heavy (non-hydrogen) atoms. The third kappa shape index (κ3) is 3.92. The fraction of sp³-hybridized carbons (Fsp3) is 0.444. The summed E-state index contributed by atoms with van der Waals surface area (Å²) in [6.45, 7) is 1.49. The summed E-state index contributed by atoms with van der Waals surface area (Å²) in [6, 6.07) is 15.2. The van der Waals surface area contributed by atoms with Crippen molar-refractivity contribution in [3.05, 3.63) is 65.2 Å². The van der Waals surface area contributed by atoms with Crippen molar-refractivity contribution in [2.75, 3.05) is 11.4 Å². The summed E-state index contributed by atoms with van der Waals surface area (Å²) < 4.78 is 0. The van der Waals surface area contributed by atoms with Crippen LogP contribution in [0.25, 0.3) is 0 Å². The number of nitrogens with one attached hydrogen (secondary N) is 1. The van der Waals surface area contributed by atoms with Gasteiger partial charge in [0.15, 0.2) is 0 Å². The minimum atomic E-state index is -1.16. The first kappa shape index (κ1) is 21.7. The van der Waals surface area contributed by atoms with E-state index in [9.17, 15) is 14.4 Å². The number of aryl methyl sites for hydroxylation is 2. The smallest absolute Gasteiger partial charge is 0.319 e. The first-order valence-corrected chi connectivity index (χ1v) is 12.1. The molecule has 1 heterocycles. The van der Waals surface area contributed by atoms with Gasteiger partial charge in [0.1, 0.15) is 12.1 Å². The van der Waals surface area contributed by atoms with Crippen molar-refractivity contribution in [1.82, 2.24) is 10.2 Å². The Bertz CT molecular complexity index is 1080. The SMILES string of the molecule is C[C@]1(c2ccc3c(c2)CCC3)NC(=O)N(CC(=O)N(c2ccccc2)C2CCCCC2)C1=O. The predicted octanol–water partition coefficient (Wildman–Crippen LogP) is 4.31. The molecular formula is C27H31N3O3. The van der Waals surface area contributed by atoms with E-state index in [-0.39, 0.29) is 24.4 Å². The van der Waals surface area contributed by atoms with Crippen molar-refractivity contribution in [3.63, 3.8) is 0 Å². The zero-order valence-corrected chi connectivity index (χ0v) is 19.2. The molecule has 0 spiro atoms. The summed E-state index contributed by atoms with van der Waals surface area (Å²) in [7, 11) is 0. The van der Waals surface area contributed by atoms with Crippen LogP contribution in [-0.2, 0) is 28.0 Å². The van der Waals surface area contributed by atoms with Crippen LogP contribution in [0.3, 0.4) is 0 Å². The first-order chi connectivity index (χ1) is 16.0. The number of hydrogen-bond acceptors (Lipinski definition) is 3. The van der Waals surface area contributed by atoms with E-state index in [1.807, 2.05) is 47.4 Å². The Morgan fingerprint density at radius 1 is 1.00 bits per heavy atom. The molecule has 0 unspecified atom stereocenters. The van der Waals surface area contributed by atoms with Gasteiger partial charge < -0.3 is 10.2 Å². The van der Waals surface area contributed by atoms with E-state index in [2.05, 4.69) is 11.4 Å². The zero-order chi connectivity index (χ0) is 23.0. The highest BCUT2D eigenvalue weighted by molar-refractivity contribution is 6.10. The van der Waals surface area contributed by atoms with Crippen molar-refractivity contribution < 1.29 is 14.4 Å². The molecule has 2 aromatic rings. The number of amides is 4. The second-order valence-electron chi connectivity index (χ2n) is 9.67. The molecule has 2 aliphatic carbocycles. The lowest BCUT2D eigenvalue weighted by molar-refractivity contribution is -0.134. The molecule has 1 aliphatic heterocycles. The van der Waals surface area contributed by atoms with Crippen molar-refractivity contribution in [2.24, 2.45) is 0 Å². The van der Waals surface area contributed by atoms with Gasteiger partial charge in [-0.15, -0.1) is 0 Å². The molecule has 0 aromatic heterocycles. The van der Waals surface area contributed by atoms with Gasteiger partial charge in [0, 0.05) is 11.7 Å². The van der Waals surface area contributed by atoms with E-state index in [0.29, 0.717) is 0 Å². The summed E-state index contributed by atoms with van der Waals surface area (Å²) in [4.78, 5) is 42.8. The minimum Gasteiger partial charge on any atom is -0.319 e. The topological polar surface area (TPSA) is 69.7 Å². The Hall–Kier alpha value is -3.15. The Morgan fingerprint density at radius 3 is 2.48 bits per heavy atom. The Morgan fingerprint density at radius 2 is 1.73 bits per heavy atom. The van der Waals surface area contributed by atoms with Crippen LogP contribution in [0.15, 0.2) is 48.5 Å². The second-order valence-corrected chi connectivity index (χ2v) is 9.67. The summed E-state index contributed by atoms with van der Waals surface area (Å²) in [6.07, 6.45) is 8.40. The number of benzene rings is 2. The molecule has 6 heteroatoms. The van der Waals surface area contributed by atoms with Gasteiger partial charge in [0.2, 0.25) is 5.91 Å². The molecule has 1 saturated heterocycles. The van der Waals surface area contributed by atoms with Crippen molar-refractivity contribution in [2.45, 2.75) is 69.9 Å². The maximum atomic E-state index is 13.5. The number of anilines is 1. The standard InChI is InChI=1S/C27H31N3O3/c1-27(21-16-15-19-9-8-10-20(19)17-21)25(32)29(26(33)28-27)18-24(31)30(22-11-4-2-5-12-22)23-13-6-3-7-14-23/h2,4-5,11-12,15-17,23H,3,6-10,13-14,18H2,1H3,(H,28,33)/t27-/m1/s1. The summed E-state index contributed by atoms with van der Waals surface area (Å²) in [5.74, 6) is -0.578. The maximum Gasteiger partial charge on any atom is 0.325 e. The van der Waals surface area contributed by atoms with Gasteiger partial charge in [0.25, 0.3) is 5.91 Å². The lowest BCUT2D eigenvalue weighted by atomic mass is 9.89. The Balaban J connectivity index is 1.39. The van der Waals surface area contributed by atoms with Gasteiger partial charge in [0.05, 0.1) is 0 Å². The third-order valence-electron chi connectivity index (χ3n) is 7.49. The monoisotopic (exact) mass is 445 g/mol. The van der Waals surface area contributed by atoms with E-state index in [0.717, 1.165) is 61.1 Å². The van der Waals surface area contributed by atoms with Gasteiger partial charge in [-0.2, -0.15) is 0 Å². The molecule has 2 fully saturated rings. The molecule has 0 bridgehead atoms. The third-order valence-corrected chi connectivity index (χ3v) is 7.49. The summed E-state index contributed by atoms with van der Waals surface area (Å²) >= 11 is 0. The predicted molar refractivity (Wildman–Crippen MR) is 127 cm³/mol. The maximum absolute atomic E-state index is 13.5. The average Bonchev–Trinajstić information content (AvgIpc) is 3.39. The molecule has 6 nitrogen and oxygen atoms in total. The van der Waals surface area contributed by atoms with Crippen LogP contribution in [-0.4, -0.2) is 35.3 Å². The molecule has 5 rings (SSSR count). The lowest BCUT2D eigenvalue weighted by Gasteiger charge is -2.35. The summed E-state index contributed by atoms with van der Waals surface area (Å²) in [5.41, 5.74) is 3.01. The van der Waals surface area contributed by atoms with Gasteiger partial charge in [-0.25, -0.2) is 4.79 Å². The molecule has 2 aromatic carbocycles. The van der Waals surface area contributed by atoms with Crippen LogP contribution in [0.1, 0.15) is 62.1 Å². The van der Waals surface area contributed by atoms with Crippen LogP contribution in [0.5, 0.6) is 0 Å². The average molecular weight is 446 g/mol. The fourth-order valence-electron chi connectivity index (χ4n) is 5.62. The van der Waals surface area contributed by atoms with E-state index in [1.54, 1.807) is 6.92 Å². The number of para-hydroxylation sites is 1. The number of urea groups is 1. The molecule has 1 atom stereocenters. The molecular weight excluding hydrogens is 414 g/mol. The summed E-state index contributed by atoms with van der Waals surface area (Å²) in [5, 5.41) is 2.87. The van der Waals surface area contributed by atoms with Crippen LogP contribution < -0.4 is 10.2 Å². The minimum absolute atomic E-state index is 0.0949. The molecule has 3 aliphatic rings. The molecule has 1 saturated carbocycles. The van der Waals surface area contributed by atoms with Crippen molar-refractivity contribution >= 4 is 23.5 Å². The van der Waals surface area contributed by atoms with Crippen molar-refractivity contribution in [3.8, 4) is 0 Å². The fourth-order valence-corrected chi connectivity index (χ4v) is 5.62. The number of carbonyl (C=O) groups is 3. The number of fused-ring (bicyclic) bond motifs is 1. The van der Waals surface area contributed by atoms with Crippen LogP contribution in [0.4, 0.5) is 10.5 Å². The normalized spacial score (nSPS) is 22.9. The van der Waals surface area contributed by atoms with Gasteiger partial charge in [-0.05, 0) is 67.9 Å². The van der Waals surface area contributed by atoms with Crippen LogP contribution in [0, 0.1) is 0 Å². The molecule has 0 radical (unpaired) electrons. The highest BCUT2D eigenvalue weighted by Gasteiger charge is 2.50. The second kappa shape index (κ2) is 8.65. The number of nitrogens with zero attached hydrogens (tertiary/aromatic N) is 2. The largest absolute Gasteiger partial charge is 0.325 e. The van der Waals surface area contributed by atoms with Gasteiger partial charge in [-0.1, -0.05) is 55.7 Å². The quantitative estimate of drug-likeness (QED) is 0.698. The Labute approximate surface area is 194 Å². The first-order valence-electron chi connectivity index (χ1n) is 12.1.